The van der Waals surface area contributed by atoms with Crippen molar-refractivity contribution in [1.82, 2.24) is 10.6 Å². The molecule has 1 heterocycles. The monoisotopic (exact) mass is 392 g/mol. The maximum atomic E-state index is 12.7. The lowest BCUT2D eigenvalue weighted by molar-refractivity contribution is -0.146. The van der Waals surface area contributed by atoms with E-state index in [2.05, 4.69) is 34.9 Å². The number of carbonyl (C=O) groups excluding carboxylic acids is 1. The van der Waals surface area contributed by atoms with E-state index in [1.807, 2.05) is 30.3 Å². The molecule has 2 aromatic carbocycles. The van der Waals surface area contributed by atoms with Gasteiger partial charge in [0.15, 0.2) is 0 Å². The lowest BCUT2D eigenvalue weighted by Crippen LogP contribution is -2.53. The van der Waals surface area contributed by atoms with Gasteiger partial charge in [-0.2, -0.15) is 0 Å². The first-order chi connectivity index (χ1) is 12.2. The molecule has 6 heteroatoms. The van der Waals surface area contributed by atoms with Crippen LogP contribution in [0.15, 0.2) is 64.4 Å². The van der Waals surface area contributed by atoms with Crippen molar-refractivity contribution in [2.24, 2.45) is 0 Å². The molecule has 1 saturated heterocycles. The van der Waals surface area contributed by atoms with Crippen LogP contribution >= 0.6 is 24.2 Å². The summed E-state index contributed by atoms with van der Waals surface area (Å²) in [4.78, 5) is 15.1. The van der Waals surface area contributed by atoms with E-state index in [1.54, 1.807) is 18.9 Å². The number of piperidine rings is 1. The maximum absolute atomic E-state index is 12.7. The van der Waals surface area contributed by atoms with Gasteiger partial charge in [-0.3, -0.25) is 4.79 Å². The van der Waals surface area contributed by atoms with E-state index < -0.39 is 5.60 Å². The van der Waals surface area contributed by atoms with Crippen molar-refractivity contribution in [2.45, 2.75) is 34.8 Å². The molecule has 0 aromatic heterocycles. The highest BCUT2D eigenvalue weighted by Gasteiger charge is 2.39. The summed E-state index contributed by atoms with van der Waals surface area (Å²) in [6, 6.07) is 18.5. The minimum Gasteiger partial charge on any atom is -0.368 e. The van der Waals surface area contributed by atoms with Gasteiger partial charge in [-0.05, 0) is 49.7 Å². The lowest BCUT2D eigenvalue weighted by Gasteiger charge is -2.34. The fraction of sp³-hybridized carbons (Fsp3) is 0.350. The topological polar surface area (TPSA) is 50.4 Å². The van der Waals surface area contributed by atoms with Gasteiger partial charge >= 0.3 is 0 Å². The van der Waals surface area contributed by atoms with E-state index in [0.717, 1.165) is 23.5 Å². The SMILES string of the molecule is COC1(C(=O)NCc2ccccc2Sc2ccccc2)CCNCC1.Cl. The highest BCUT2D eigenvalue weighted by Crippen LogP contribution is 2.30. The van der Waals surface area contributed by atoms with Gasteiger partial charge in [-0.1, -0.05) is 48.2 Å². The number of rotatable bonds is 6. The van der Waals surface area contributed by atoms with Gasteiger partial charge in [-0.25, -0.2) is 0 Å². The molecule has 3 rings (SSSR count). The minimum atomic E-state index is -0.702. The molecule has 0 radical (unpaired) electrons. The van der Waals surface area contributed by atoms with Crippen LogP contribution < -0.4 is 10.6 Å². The Morgan fingerprint density at radius 1 is 1.12 bits per heavy atom. The van der Waals surface area contributed by atoms with Gasteiger partial charge in [0.25, 0.3) is 5.91 Å². The second-order valence-electron chi connectivity index (χ2n) is 6.15. The van der Waals surface area contributed by atoms with Gasteiger partial charge in [0.1, 0.15) is 5.60 Å². The molecule has 2 aromatic rings. The van der Waals surface area contributed by atoms with Crippen LogP contribution in [-0.2, 0) is 16.1 Å². The second kappa shape index (κ2) is 9.97. The molecule has 0 atom stereocenters. The van der Waals surface area contributed by atoms with E-state index >= 15 is 0 Å². The summed E-state index contributed by atoms with van der Waals surface area (Å²) in [7, 11) is 1.63. The summed E-state index contributed by atoms with van der Waals surface area (Å²) < 4.78 is 5.60. The van der Waals surface area contributed by atoms with Gasteiger partial charge in [0.2, 0.25) is 0 Å². The Bertz CT molecular complexity index is 706. The van der Waals surface area contributed by atoms with Crippen molar-refractivity contribution in [3.63, 3.8) is 0 Å². The zero-order chi connectivity index (χ0) is 17.5. The third kappa shape index (κ3) is 5.01. The molecule has 1 fully saturated rings. The number of benzene rings is 2. The number of hydrogen-bond acceptors (Lipinski definition) is 4. The Kier molecular flexibility index (Phi) is 7.97. The fourth-order valence-electron chi connectivity index (χ4n) is 3.06. The number of ether oxygens (including phenoxy) is 1. The molecule has 4 nitrogen and oxygen atoms in total. The predicted molar refractivity (Wildman–Crippen MR) is 108 cm³/mol. The molecule has 26 heavy (non-hydrogen) atoms. The Morgan fingerprint density at radius 2 is 1.77 bits per heavy atom. The molecule has 0 spiro atoms. The first-order valence-corrected chi connectivity index (χ1v) is 9.40. The van der Waals surface area contributed by atoms with Crippen LogP contribution in [-0.4, -0.2) is 31.7 Å². The highest BCUT2D eigenvalue weighted by molar-refractivity contribution is 7.99. The van der Waals surface area contributed by atoms with Gasteiger partial charge in [0, 0.05) is 23.4 Å². The van der Waals surface area contributed by atoms with Crippen molar-refractivity contribution in [3.8, 4) is 0 Å². The lowest BCUT2D eigenvalue weighted by atomic mass is 9.91. The quantitative estimate of drug-likeness (QED) is 0.787. The Morgan fingerprint density at radius 3 is 2.46 bits per heavy atom. The largest absolute Gasteiger partial charge is 0.368 e. The molecule has 0 bridgehead atoms. The van der Waals surface area contributed by atoms with E-state index in [1.165, 1.54) is 4.90 Å². The third-order valence-electron chi connectivity index (χ3n) is 4.60. The maximum Gasteiger partial charge on any atom is 0.252 e. The van der Waals surface area contributed by atoms with E-state index in [9.17, 15) is 4.79 Å². The number of hydrogen-bond donors (Lipinski definition) is 2. The van der Waals surface area contributed by atoms with Crippen molar-refractivity contribution in [1.29, 1.82) is 0 Å². The number of nitrogens with one attached hydrogen (secondary N) is 2. The van der Waals surface area contributed by atoms with Gasteiger partial charge in [-0.15, -0.1) is 12.4 Å². The number of methoxy groups -OCH3 is 1. The van der Waals surface area contributed by atoms with Crippen LogP contribution in [0, 0.1) is 0 Å². The summed E-state index contributed by atoms with van der Waals surface area (Å²) >= 11 is 1.71. The molecule has 0 unspecified atom stereocenters. The molecule has 0 saturated carbocycles. The minimum absolute atomic E-state index is 0. The van der Waals surface area contributed by atoms with Crippen LogP contribution in [0.2, 0.25) is 0 Å². The van der Waals surface area contributed by atoms with Crippen LogP contribution in [0.4, 0.5) is 0 Å². The summed E-state index contributed by atoms with van der Waals surface area (Å²) in [5.41, 5.74) is 0.414. The number of halogens is 1. The van der Waals surface area contributed by atoms with E-state index in [-0.39, 0.29) is 18.3 Å². The molecule has 1 aliphatic heterocycles. The van der Waals surface area contributed by atoms with Gasteiger partial charge in [0.05, 0.1) is 0 Å². The summed E-state index contributed by atoms with van der Waals surface area (Å²) in [5.74, 6) is -0.0176. The van der Waals surface area contributed by atoms with Crippen LogP contribution in [0.25, 0.3) is 0 Å². The van der Waals surface area contributed by atoms with E-state index in [0.29, 0.717) is 19.4 Å². The van der Waals surface area contributed by atoms with Gasteiger partial charge < -0.3 is 15.4 Å². The van der Waals surface area contributed by atoms with Crippen LogP contribution in [0.1, 0.15) is 18.4 Å². The Balaban J connectivity index is 0.00000243. The smallest absolute Gasteiger partial charge is 0.252 e. The van der Waals surface area contributed by atoms with Crippen molar-refractivity contribution >= 4 is 30.1 Å². The number of carbonyl (C=O) groups is 1. The summed E-state index contributed by atoms with van der Waals surface area (Å²) in [5, 5.41) is 6.36. The molecular weight excluding hydrogens is 368 g/mol. The van der Waals surface area contributed by atoms with Crippen LogP contribution in [0.3, 0.4) is 0 Å². The predicted octanol–water partition coefficient (Wildman–Crippen LogP) is 3.64. The Hall–Kier alpha value is -1.53. The summed E-state index contributed by atoms with van der Waals surface area (Å²) in [6.07, 6.45) is 1.41. The molecule has 1 amide bonds. The van der Waals surface area contributed by atoms with Crippen LogP contribution in [0.5, 0.6) is 0 Å². The molecule has 0 aliphatic carbocycles. The average molecular weight is 393 g/mol. The first kappa shape index (κ1) is 20.8. The molecular formula is C20H25ClN2O2S. The highest BCUT2D eigenvalue weighted by atomic mass is 35.5. The zero-order valence-electron chi connectivity index (χ0n) is 14.9. The summed E-state index contributed by atoms with van der Waals surface area (Å²) in [6.45, 7) is 2.12. The second-order valence-corrected chi connectivity index (χ2v) is 7.27. The number of amides is 1. The average Bonchev–Trinajstić information content (AvgIpc) is 2.68. The standard InChI is InChI=1S/C20H24N2O2S.ClH/c1-24-20(11-13-21-14-12-20)19(23)22-15-16-7-5-6-10-18(16)25-17-8-3-2-4-9-17;/h2-10,21H,11-15H2,1H3,(H,22,23);1H. The molecule has 140 valence electrons. The molecule has 1 aliphatic rings. The van der Waals surface area contributed by atoms with E-state index in [4.69, 9.17) is 4.74 Å². The molecule has 2 N–H and O–H groups in total. The van der Waals surface area contributed by atoms with Crippen molar-refractivity contribution in [3.05, 3.63) is 60.2 Å². The Labute approximate surface area is 165 Å². The van der Waals surface area contributed by atoms with Crippen molar-refractivity contribution in [2.75, 3.05) is 20.2 Å². The fourth-order valence-corrected chi connectivity index (χ4v) is 4.02. The zero-order valence-corrected chi connectivity index (χ0v) is 16.5. The normalized spacial score (nSPS) is 15.7. The third-order valence-corrected chi connectivity index (χ3v) is 5.72. The van der Waals surface area contributed by atoms with Crippen molar-refractivity contribution < 1.29 is 9.53 Å². The first-order valence-electron chi connectivity index (χ1n) is 8.58.